The Hall–Kier alpha value is -1.61. The lowest BCUT2D eigenvalue weighted by molar-refractivity contribution is 0.415. The summed E-state index contributed by atoms with van der Waals surface area (Å²) in [6, 6.07) is 15.6. The predicted molar refractivity (Wildman–Crippen MR) is 87.8 cm³/mol. The molecular formula is C17H20NOS. The van der Waals surface area contributed by atoms with Crippen molar-refractivity contribution < 1.29 is 4.74 Å². The average molecular weight is 286 g/mol. The fourth-order valence-corrected chi connectivity index (χ4v) is 2.67. The van der Waals surface area contributed by atoms with Gasteiger partial charge in [0.15, 0.2) is 0 Å². The minimum atomic E-state index is 0.877. The Bertz CT molecular complexity index is 569. The summed E-state index contributed by atoms with van der Waals surface area (Å²) >= 11 is 1.72. The number of rotatable bonds is 6. The quantitative estimate of drug-likeness (QED) is 0.777. The first-order valence-corrected chi connectivity index (χ1v) is 7.99. The lowest BCUT2D eigenvalue weighted by Crippen LogP contribution is -2.03. The van der Waals surface area contributed by atoms with E-state index in [0.717, 1.165) is 34.9 Å². The lowest BCUT2D eigenvalue weighted by Gasteiger charge is -2.15. The number of hydrogen-bond donors (Lipinski definition) is 1. The SMILES string of the molecule is CCCNc1c(SC)[c]ccc1-c1cccc(OC)c1. The minimum absolute atomic E-state index is 0.877. The van der Waals surface area contributed by atoms with Gasteiger partial charge in [-0.25, -0.2) is 0 Å². The molecule has 0 aliphatic carbocycles. The van der Waals surface area contributed by atoms with E-state index in [4.69, 9.17) is 4.74 Å². The molecule has 1 N–H and O–H groups in total. The first kappa shape index (κ1) is 14.8. The highest BCUT2D eigenvalue weighted by molar-refractivity contribution is 7.98. The number of anilines is 1. The molecule has 20 heavy (non-hydrogen) atoms. The van der Waals surface area contributed by atoms with Crippen molar-refractivity contribution in [2.75, 3.05) is 25.2 Å². The molecule has 0 aromatic heterocycles. The summed E-state index contributed by atoms with van der Waals surface area (Å²) in [6.45, 7) is 3.13. The van der Waals surface area contributed by atoms with Crippen molar-refractivity contribution in [3.63, 3.8) is 0 Å². The molecule has 0 spiro atoms. The van der Waals surface area contributed by atoms with Gasteiger partial charge in [0, 0.05) is 17.0 Å². The van der Waals surface area contributed by atoms with Gasteiger partial charge >= 0.3 is 0 Å². The van der Waals surface area contributed by atoms with Crippen molar-refractivity contribution >= 4 is 17.4 Å². The molecule has 3 heteroatoms. The van der Waals surface area contributed by atoms with Crippen molar-refractivity contribution in [1.82, 2.24) is 0 Å². The molecule has 2 rings (SSSR count). The maximum atomic E-state index is 5.32. The van der Waals surface area contributed by atoms with Crippen LogP contribution >= 0.6 is 11.8 Å². The van der Waals surface area contributed by atoms with E-state index in [9.17, 15) is 0 Å². The fraction of sp³-hybridized carbons (Fsp3) is 0.294. The van der Waals surface area contributed by atoms with E-state index in [1.807, 2.05) is 18.2 Å². The number of nitrogens with one attached hydrogen (secondary N) is 1. The van der Waals surface area contributed by atoms with Crippen molar-refractivity contribution in [1.29, 1.82) is 0 Å². The largest absolute Gasteiger partial charge is 0.497 e. The molecule has 2 aromatic carbocycles. The van der Waals surface area contributed by atoms with Crippen molar-refractivity contribution in [2.24, 2.45) is 0 Å². The average Bonchev–Trinajstić information content (AvgIpc) is 2.52. The number of thioether (sulfide) groups is 1. The van der Waals surface area contributed by atoms with Crippen molar-refractivity contribution in [3.05, 3.63) is 42.5 Å². The number of hydrogen-bond acceptors (Lipinski definition) is 3. The summed E-state index contributed by atoms with van der Waals surface area (Å²) in [6.07, 6.45) is 3.18. The summed E-state index contributed by atoms with van der Waals surface area (Å²) in [5, 5.41) is 3.53. The predicted octanol–water partition coefficient (Wildman–Crippen LogP) is 4.71. The zero-order valence-electron chi connectivity index (χ0n) is 12.2. The van der Waals surface area contributed by atoms with Gasteiger partial charge in [-0.1, -0.05) is 31.2 Å². The molecule has 0 atom stereocenters. The van der Waals surface area contributed by atoms with Crippen LogP contribution in [-0.4, -0.2) is 19.9 Å². The van der Waals surface area contributed by atoms with E-state index in [0.29, 0.717) is 0 Å². The molecule has 0 bridgehead atoms. The van der Waals surface area contributed by atoms with Gasteiger partial charge in [0.05, 0.1) is 12.8 Å². The van der Waals surface area contributed by atoms with Gasteiger partial charge in [-0.3, -0.25) is 0 Å². The van der Waals surface area contributed by atoms with E-state index in [-0.39, 0.29) is 0 Å². The second kappa shape index (κ2) is 7.25. The lowest BCUT2D eigenvalue weighted by atomic mass is 10.0. The Balaban J connectivity index is 2.48. The molecule has 2 aromatic rings. The first-order valence-electron chi connectivity index (χ1n) is 6.77. The Kier molecular flexibility index (Phi) is 5.36. The zero-order chi connectivity index (χ0) is 14.4. The summed E-state index contributed by atoms with van der Waals surface area (Å²) in [7, 11) is 1.70. The Morgan fingerprint density at radius 2 is 2.15 bits per heavy atom. The van der Waals surface area contributed by atoms with Crippen LogP contribution in [0.15, 0.2) is 41.3 Å². The number of methoxy groups -OCH3 is 1. The maximum Gasteiger partial charge on any atom is 0.119 e. The van der Waals surface area contributed by atoms with Crippen LogP contribution in [0.25, 0.3) is 11.1 Å². The topological polar surface area (TPSA) is 21.3 Å². The van der Waals surface area contributed by atoms with Crippen LogP contribution < -0.4 is 10.1 Å². The third-order valence-electron chi connectivity index (χ3n) is 3.10. The first-order chi connectivity index (χ1) is 9.80. The number of ether oxygens (including phenoxy) is 1. The molecule has 1 radical (unpaired) electrons. The smallest absolute Gasteiger partial charge is 0.119 e. The van der Waals surface area contributed by atoms with E-state index in [1.54, 1.807) is 18.9 Å². The van der Waals surface area contributed by atoms with Gasteiger partial charge in [0.2, 0.25) is 0 Å². The summed E-state index contributed by atoms with van der Waals surface area (Å²) in [4.78, 5) is 1.15. The normalized spacial score (nSPS) is 10.3. The van der Waals surface area contributed by atoms with Crippen molar-refractivity contribution in [3.8, 4) is 16.9 Å². The van der Waals surface area contributed by atoms with Gasteiger partial charge in [0.25, 0.3) is 0 Å². The monoisotopic (exact) mass is 286 g/mol. The van der Waals surface area contributed by atoms with Crippen LogP contribution in [0.1, 0.15) is 13.3 Å². The van der Waals surface area contributed by atoms with E-state index in [1.165, 1.54) is 5.56 Å². The third kappa shape index (κ3) is 3.28. The van der Waals surface area contributed by atoms with Crippen LogP contribution in [0.4, 0.5) is 5.69 Å². The second-order valence-corrected chi connectivity index (χ2v) is 5.27. The summed E-state index contributed by atoms with van der Waals surface area (Å²) < 4.78 is 5.32. The minimum Gasteiger partial charge on any atom is -0.497 e. The maximum absolute atomic E-state index is 5.32. The third-order valence-corrected chi connectivity index (χ3v) is 3.83. The van der Waals surface area contributed by atoms with Gasteiger partial charge in [-0.05, 0) is 36.4 Å². The Morgan fingerprint density at radius 3 is 2.85 bits per heavy atom. The number of benzene rings is 2. The molecule has 0 fully saturated rings. The van der Waals surface area contributed by atoms with Gasteiger partial charge in [0.1, 0.15) is 5.75 Å². The van der Waals surface area contributed by atoms with Gasteiger partial charge in [-0.2, -0.15) is 0 Å². The van der Waals surface area contributed by atoms with Crippen molar-refractivity contribution in [2.45, 2.75) is 18.2 Å². The molecule has 0 amide bonds. The molecule has 2 nitrogen and oxygen atoms in total. The molecule has 0 heterocycles. The molecule has 105 valence electrons. The Labute approximate surface area is 125 Å². The van der Waals surface area contributed by atoms with Crippen LogP contribution in [0.3, 0.4) is 0 Å². The van der Waals surface area contributed by atoms with E-state index in [2.05, 4.69) is 42.8 Å². The molecular weight excluding hydrogens is 266 g/mol. The highest BCUT2D eigenvalue weighted by atomic mass is 32.2. The van der Waals surface area contributed by atoms with Crippen LogP contribution in [0.2, 0.25) is 0 Å². The van der Waals surface area contributed by atoms with Gasteiger partial charge < -0.3 is 10.1 Å². The summed E-state index contributed by atoms with van der Waals surface area (Å²) in [5.41, 5.74) is 3.52. The second-order valence-electron chi connectivity index (χ2n) is 4.46. The zero-order valence-corrected chi connectivity index (χ0v) is 13.0. The molecule has 0 aliphatic rings. The molecule has 0 aliphatic heterocycles. The Morgan fingerprint density at radius 1 is 1.30 bits per heavy atom. The van der Waals surface area contributed by atoms with E-state index < -0.39 is 0 Å². The van der Waals surface area contributed by atoms with E-state index >= 15 is 0 Å². The highest BCUT2D eigenvalue weighted by Crippen LogP contribution is 2.36. The highest BCUT2D eigenvalue weighted by Gasteiger charge is 2.10. The van der Waals surface area contributed by atoms with Crippen LogP contribution in [0, 0.1) is 6.07 Å². The van der Waals surface area contributed by atoms with Gasteiger partial charge in [-0.15, -0.1) is 11.8 Å². The molecule has 0 saturated heterocycles. The van der Waals surface area contributed by atoms with Crippen LogP contribution in [-0.2, 0) is 0 Å². The summed E-state index contributed by atoms with van der Waals surface area (Å²) in [5.74, 6) is 0.877. The molecule has 0 unspecified atom stereocenters. The van der Waals surface area contributed by atoms with Crippen LogP contribution in [0.5, 0.6) is 5.75 Å². The fourth-order valence-electron chi connectivity index (χ4n) is 2.10. The standard InChI is InChI=1S/C17H20NOS/c1-4-11-18-17-15(9-6-10-16(17)20-3)13-7-5-8-14(12-13)19-2/h5-9,12,18H,4,11H2,1-3H3. The molecule has 0 saturated carbocycles.